The van der Waals surface area contributed by atoms with Gasteiger partial charge in [-0.1, -0.05) is 0 Å². The molecule has 16 heavy (non-hydrogen) atoms. The van der Waals surface area contributed by atoms with Crippen LogP contribution in [0, 0.1) is 0 Å². The van der Waals surface area contributed by atoms with Crippen LogP contribution in [0.2, 0.25) is 0 Å². The lowest BCUT2D eigenvalue weighted by Crippen LogP contribution is -2.39. The molecule has 0 spiro atoms. The van der Waals surface area contributed by atoms with Crippen molar-refractivity contribution in [2.24, 2.45) is 0 Å². The number of fused-ring (bicyclic) bond motifs is 1. The molecule has 1 aliphatic heterocycles. The molecule has 1 aliphatic rings. The van der Waals surface area contributed by atoms with Crippen LogP contribution in [0.3, 0.4) is 0 Å². The molecular weight excluding hydrogens is 206 g/mol. The number of hydrogen-bond acceptors (Lipinski definition) is 5. The quantitative estimate of drug-likeness (QED) is 0.736. The highest BCUT2D eigenvalue weighted by atomic mass is 16.3. The van der Waals surface area contributed by atoms with Crippen molar-refractivity contribution < 1.29 is 5.11 Å². The second-order valence-corrected chi connectivity index (χ2v) is 4.05. The minimum absolute atomic E-state index is 0.265. The van der Waals surface area contributed by atoms with Crippen molar-refractivity contribution in [3.63, 3.8) is 0 Å². The number of aromatic nitrogens is 4. The first-order valence-corrected chi connectivity index (χ1v) is 5.42. The van der Waals surface area contributed by atoms with Crippen LogP contribution in [-0.2, 0) is 0 Å². The van der Waals surface area contributed by atoms with Gasteiger partial charge in [-0.2, -0.15) is 0 Å². The van der Waals surface area contributed by atoms with Gasteiger partial charge in [0.1, 0.15) is 6.33 Å². The third kappa shape index (κ3) is 1.51. The Bertz CT molecular complexity index is 497. The van der Waals surface area contributed by atoms with Crippen molar-refractivity contribution in [2.75, 3.05) is 18.0 Å². The maximum absolute atomic E-state index is 9.65. The van der Waals surface area contributed by atoms with E-state index in [0.717, 1.165) is 30.9 Å². The molecule has 0 saturated carbocycles. The Hall–Kier alpha value is -1.69. The average molecular weight is 219 g/mol. The third-order valence-corrected chi connectivity index (χ3v) is 2.89. The number of β-amino-alcohol motifs (C(OH)–C–C–N with tert-alkyl or cyclic N) is 1. The van der Waals surface area contributed by atoms with Gasteiger partial charge in [-0.3, -0.25) is 4.40 Å². The van der Waals surface area contributed by atoms with Gasteiger partial charge < -0.3 is 10.0 Å². The predicted octanol–water partition coefficient (Wildman–Crippen LogP) is 0.0854. The Balaban J connectivity index is 2.01. The maximum atomic E-state index is 9.65. The van der Waals surface area contributed by atoms with Crippen LogP contribution in [0.1, 0.15) is 12.8 Å². The maximum Gasteiger partial charge on any atom is 0.203 e. The lowest BCUT2D eigenvalue weighted by Gasteiger charge is -2.30. The fourth-order valence-corrected chi connectivity index (χ4v) is 2.12. The molecule has 6 nitrogen and oxygen atoms in total. The Morgan fingerprint density at radius 3 is 3.25 bits per heavy atom. The van der Waals surface area contributed by atoms with E-state index in [1.165, 1.54) is 0 Å². The van der Waals surface area contributed by atoms with Gasteiger partial charge in [0.05, 0.1) is 6.10 Å². The molecule has 1 fully saturated rings. The Morgan fingerprint density at radius 2 is 2.38 bits per heavy atom. The SMILES string of the molecule is O[C@H]1CCCN(c2nccn3cnnc23)C1. The topological polar surface area (TPSA) is 66.5 Å². The third-order valence-electron chi connectivity index (χ3n) is 2.89. The van der Waals surface area contributed by atoms with Crippen LogP contribution in [0.25, 0.3) is 5.65 Å². The van der Waals surface area contributed by atoms with Crippen LogP contribution in [-0.4, -0.2) is 43.9 Å². The van der Waals surface area contributed by atoms with E-state index in [1.807, 2.05) is 10.6 Å². The van der Waals surface area contributed by atoms with Crippen molar-refractivity contribution in [3.05, 3.63) is 18.7 Å². The fraction of sp³-hybridized carbons (Fsp3) is 0.500. The summed E-state index contributed by atoms with van der Waals surface area (Å²) in [6.07, 6.45) is 6.79. The molecule has 0 amide bonds. The van der Waals surface area contributed by atoms with Gasteiger partial charge in [-0.25, -0.2) is 4.98 Å². The standard InChI is InChI=1S/C10H13N5O/c16-8-2-1-4-14(6-8)9-10-13-12-7-15(10)5-3-11-9/h3,5,7-8,16H,1-2,4,6H2/t8-/m0/s1. The number of rotatable bonds is 1. The van der Waals surface area contributed by atoms with E-state index in [4.69, 9.17) is 0 Å². The van der Waals surface area contributed by atoms with E-state index in [1.54, 1.807) is 12.5 Å². The van der Waals surface area contributed by atoms with Gasteiger partial charge in [-0.05, 0) is 12.8 Å². The molecule has 3 rings (SSSR count). The predicted molar refractivity (Wildman–Crippen MR) is 58.2 cm³/mol. The summed E-state index contributed by atoms with van der Waals surface area (Å²) in [5, 5.41) is 17.6. The average Bonchev–Trinajstić information content (AvgIpc) is 2.76. The van der Waals surface area contributed by atoms with Gasteiger partial charge >= 0.3 is 0 Å². The van der Waals surface area contributed by atoms with E-state index < -0.39 is 0 Å². The van der Waals surface area contributed by atoms with Crippen LogP contribution in [0.5, 0.6) is 0 Å². The number of anilines is 1. The molecule has 6 heteroatoms. The highest BCUT2D eigenvalue weighted by Gasteiger charge is 2.21. The Morgan fingerprint density at radius 1 is 1.44 bits per heavy atom. The summed E-state index contributed by atoms with van der Waals surface area (Å²) >= 11 is 0. The van der Waals surface area contributed by atoms with Crippen LogP contribution in [0.4, 0.5) is 5.82 Å². The second kappa shape index (κ2) is 3.71. The Labute approximate surface area is 92.5 Å². The first kappa shape index (κ1) is 9.53. The van der Waals surface area contributed by atoms with Crippen molar-refractivity contribution in [3.8, 4) is 0 Å². The summed E-state index contributed by atoms with van der Waals surface area (Å²) in [6.45, 7) is 1.54. The zero-order valence-electron chi connectivity index (χ0n) is 8.82. The summed E-state index contributed by atoms with van der Waals surface area (Å²) in [4.78, 5) is 6.40. The van der Waals surface area contributed by atoms with Gasteiger partial charge in [0.2, 0.25) is 5.65 Å². The van der Waals surface area contributed by atoms with E-state index in [2.05, 4.69) is 20.1 Å². The molecule has 2 aromatic rings. The monoisotopic (exact) mass is 219 g/mol. The molecule has 1 N–H and O–H groups in total. The molecule has 3 heterocycles. The van der Waals surface area contributed by atoms with E-state index in [9.17, 15) is 5.11 Å². The van der Waals surface area contributed by atoms with Crippen LogP contribution >= 0.6 is 0 Å². The largest absolute Gasteiger partial charge is 0.391 e. The lowest BCUT2D eigenvalue weighted by molar-refractivity contribution is 0.154. The molecule has 0 radical (unpaired) electrons. The van der Waals surface area contributed by atoms with Crippen molar-refractivity contribution in [1.29, 1.82) is 0 Å². The lowest BCUT2D eigenvalue weighted by atomic mass is 10.1. The molecule has 0 bridgehead atoms. The molecule has 0 unspecified atom stereocenters. The number of aliphatic hydroxyl groups excluding tert-OH is 1. The molecule has 1 saturated heterocycles. The summed E-state index contributed by atoms with van der Waals surface area (Å²) < 4.78 is 1.84. The molecule has 2 aromatic heterocycles. The normalized spacial score (nSPS) is 21.6. The highest BCUT2D eigenvalue weighted by molar-refractivity contribution is 5.63. The zero-order valence-corrected chi connectivity index (χ0v) is 8.82. The fourth-order valence-electron chi connectivity index (χ4n) is 2.12. The minimum atomic E-state index is -0.265. The molecule has 0 aliphatic carbocycles. The van der Waals surface area contributed by atoms with Gasteiger partial charge in [0.25, 0.3) is 0 Å². The smallest absolute Gasteiger partial charge is 0.203 e. The van der Waals surface area contributed by atoms with E-state index in [-0.39, 0.29) is 6.10 Å². The molecule has 0 aromatic carbocycles. The van der Waals surface area contributed by atoms with Crippen LogP contribution in [0.15, 0.2) is 18.7 Å². The molecule has 1 atom stereocenters. The van der Waals surface area contributed by atoms with E-state index >= 15 is 0 Å². The van der Waals surface area contributed by atoms with Gasteiger partial charge in [-0.15, -0.1) is 10.2 Å². The summed E-state index contributed by atoms with van der Waals surface area (Å²) in [5.74, 6) is 0.804. The first-order valence-electron chi connectivity index (χ1n) is 5.42. The highest BCUT2D eigenvalue weighted by Crippen LogP contribution is 2.20. The van der Waals surface area contributed by atoms with E-state index in [0.29, 0.717) is 6.54 Å². The zero-order chi connectivity index (χ0) is 11.0. The van der Waals surface area contributed by atoms with Gasteiger partial charge in [0.15, 0.2) is 5.82 Å². The van der Waals surface area contributed by atoms with Crippen LogP contribution < -0.4 is 4.90 Å². The first-order chi connectivity index (χ1) is 7.84. The number of aliphatic hydroxyl groups is 1. The van der Waals surface area contributed by atoms with Crippen molar-refractivity contribution in [2.45, 2.75) is 18.9 Å². The number of nitrogens with zero attached hydrogens (tertiary/aromatic N) is 5. The summed E-state index contributed by atoms with van der Waals surface area (Å²) in [7, 11) is 0. The summed E-state index contributed by atoms with van der Waals surface area (Å²) in [6, 6.07) is 0. The number of hydrogen-bond donors (Lipinski definition) is 1. The second-order valence-electron chi connectivity index (χ2n) is 4.05. The molecule has 84 valence electrons. The van der Waals surface area contributed by atoms with Gasteiger partial charge in [0, 0.05) is 25.5 Å². The minimum Gasteiger partial charge on any atom is -0.391 e. The van der Waals surface area contributed by atoms with Crippen molar-refractivity contribution >= 4 is 11.5 Å². The Kier molecular flexibility index (Phi) is 2.21. The van der Waals surface area contributed by atoms with Crippen molar-refractivity contribution in [1.82, 2.24) is 19.6 Å². The number of piperidine rings is 1. The summed E-state index contributed by atoms with van der Waals surface area (Å²) in [5.41, 5.74) is 0.747. The molecular formula is C10H13N5O.